The Morgan fingerprint density at radius 3 is 2.08 bits per heavy atom. The van der Waals surface area contributed by atoms with Crippen LogP contribution in [0.4, 0.5) is 0 Å². The highest BCUT2D eigenvalue weighted by atomic mass is 32.2. The molecule has 0 aliphatic heterocycles. The Balaban J connectivity index is 1.61. The largest absolute Gasteiger partial charge is 0.240 e. The lowest BCUT2D eigenvalue weighted by atomic mass is 9.47. The molecular weight excluding hydrogens is 318 g/mol. The topological polar surface area (TPSA) is 46.2 Å². The van der Waals surface area contributed by atoms with Crippen molar-refractivity contribution in [3.8, 4) is 0 Å². The molecule has 4 aliphatic rings. The van der Waals surface area contributed by atoms with E-state index in [0.717, 1.165) is 30.6 Å². The first kappa shape index (κ1) is 16.6. The molecule has 0 radical (unpaired) electrons. The second kappa shape index (κ2) is 6.14. The second-order valence-electron chi connectivity index (χ2n) is 8.56. The van der Waals surface area contributed by atoms with Gasteiger partial charge in [0.1, 0.15) is 0 Å². The van der Waals surface area contributed by atoms with E-state index in [9.17, 15) is 8.42 Å². The number of hydrogen-bond acceptors (Lipinski definition) is 2. The molecule has 4 saturated carbocycles. The van der Waals surface area contributed by atoms with E-state index in [1.165, 1.54) is 38.5 Å². The minimum atomic E-state index is -3.43. The Morgan fingerprint density at radius 1 is 1.04 bits per heavy atom. The second-order valence-corrected chi connectivity index (χ2v) is 10.3. The number of benzene rings is 1. The monoisotopic (exact) mass is 347 g/mol. The molecule has 0 amide bonds. The zero-order valence-corrected chi connectivity index (χ0v) is 15.4. The van der Waals surface area contributed by atoms with Gasteiger partial charge in [-0.3, -0.25) is 0 Å². The molecule has 0 spiro atoms. The molecular formula is C20H29NO2S. The van der Waals surface area contributed by atoms with Crippen molar-refractivity contribution in [2.24, 2.45) is 23.2 Å². The third-order valence-corrected chi connectivity index (χ3v) is 8.24. The molecule has 4 fully saturated rings. The quantitative estimate of drug-likeness (QED) is 0.831. The average Bonchev–Trinajstić information content (AvgIpc) is 2.54. The standard InChI is InChI=1S/C20H29NO2S/c1-2-6-19(21-24(22,23)18-7-4-3-5-8-18)20-12-15-9-16(13-20)11-17(10-15)14-20/h3-5,7-8,15-17,19,21H,2,6,9-14H2,1H3. The molecule has 1 aromatic rings. The molecule has 0 heterocycles. The van der Waals surface area contributed by atoms with E-state index in [4.69, 9.17) is 0 Å². The van der Waals surface area contributed by atoms with Crippen molar-refractivity contribution in [2.75, 3.05) is 0 Å². The molecule has 4 heteroatoms. The van der Waals surface area contributed by atoms with Crippen LogP contribution in [0.15, 0.2) is 35.2 Å². The maximum atomic E-state index is 12.9. The van der Waals surface area contributed by atoms with Crippen LogP contribution in [-0.2, 0) is 10.0 Å². The van der Waals surface area contributed by atoms with E-state index < -0.39 is 10.0 Å². The highest BCUT2D eigenvalue weighted by molar-refractivity contribution is 7.89. The Morgan fingerprint density at radius 2 is 1.58 bits per heavy atom. The van der Waals surface area contributed by atoms with Crippen LogP contribution in [0.2, 0.25) is 0 Å². The van der Waals surface area contributed by atoms with Gasteiger partial charge in [0.2, 0.25) is 10.0 Å². The van der Waals surface area contributed by atoms with Crippen LogP contribution in [0, 0.1) is 23.2 Å². The first-order valence-electron chi connectivity index (χ1n) is 9.58. The zero-order valence-electron chi connectivity index (χ0n) is 14.6. The van der Waals surface area contributed by atoms with Gasteiger partial charge < -0.3 is 0 Å². The van der Waals surface area contributed by atoms with Crippen molar-refractivity contribution in [1.29, 1.82) is 0 Å². The molecule has 132 valence electrons. The molecule has 4 aliphatic carbocycles. The number of hydrogen-bond donors (Lipinski definition) is 1. The van der Waals surface area contributed by atoms with E-state index >= 15 is 0 Å². The van der Waals surface area contributed by atoms with E-state index in [2.05, 4.69) is 11.6 Å². The minimum Gasteiger partial charge on any atom is -0.208 e. The lowest BCUT2D eigenvalue weighted by Crippen LogP contribution is -2.56. The maximum Gasteiger partial charge on any atom is 0.240 e. The smallest absolute Gasteiger partial charge is 0.208 e. The predicted molar refractivity (Wildman–Crippen MR) is 96.1 cm³/mol. The van der Waals surface area contributed by atoms with Gasteiger partial charge in [0.25, 0.3) is 0 Å². The molecule has 0 saturated heterocycles. The summed E-state index contributed by atoms with van der Waals surface area (Å²) in [5, 5.41) is 0. The van der Waals surface area contributed by atoms with Crippen LogP contribution in [0.5, 0.6) is 0 Å². The summed E-state index contributed by atoms with van der Waals surface area (Å²) < 4.78 is 28.9. The first-order valence-corrected chi connectivity index (χ1v) is 11.1. The fourth-order valence-electron chi connectivity index (χ4n) is 6.24. The van der Waals surface area contributed by atoms with Gasteiger partial charge in [-0.15, -0.1) is 0 Å². The van der Waals surface area contributed by atoms with Crippen molar-refractivity contribution in [1.82, 2.24) is 4.72 Å². The summed E-state index contributed by atoms with van der Waals surface area (Å²) >= 11 is 0. The van der Waals surface area contributed by atoms with Gasteiger partial charge >= 0.3 is 0 Å². The normalized spacial score (nSPS) is 36.0. The van der Waals surface area contributed by atoms with Crippen LogP contribution in [0.1, 0.15) is 58.3 Å². The third-order valence-electron chi connectivity index (χ3n) is 6.75. The SMILES string of the molecule is CCCC(NS(=O)(=O)c1ccccc1)C12CC3CC(CC(C3)C1)C2. The molecule has 1 N–H and O–H groups in total. The molecule has 5 rings (SSSR count). The van der Waals surface area contributed by atoms with Crippen molar-refractivity contribution < 1.29 is 8.42 Å². The van der Waals surface area contributed by atoms with Gasteiger partial charge in [0, 0.05) is 6.04 Å². The Labute approximate surface area is 146 Å². The van der Waals surface area contributed by atoms with Crippen LogP contribution >= 0.6 is 0 Å². The summed E-state index contributed by atoms with van der Waals surface area (Å²) in [5.41, 5.74) is 0.215. The molecule has 1 atom stereocenters. The molecule has 1 aromatic carbocycles. The van der Waals surface area contributed by atoms with Gasteiger partial charge in [-0.1, -0.05) is 31.5 Å². The summed E-state index contributed by atoms with van der Waals surface area (Å²) in [6.45, 7) is 2.17. The van der Waals surface area contributed by atoms with Gasteiger partial charge in [-0.2, -0.15) is 0 Å². The van der Waals surface area contributed by atoms with E-state index in [1.807, 2.05) is 6.07 Å². The van der Waals surface area contributed by atoms with Gasteiger partial charge in [-0.25, -0.2) is 13.1 Å². The van der Waals surface area contributed by atoms with Crippen molar-refractivity contribution in [3.63, 3.8) is 0 Å². The Bertz CT molecular complexity index is 648. The van der Waals surface area contributed by atoms with Gasteiger partial charge in [-0.05, 0) is 80.2 Å². The van der Waals surface area contributed by atoms with Gasteiger partial charge in [0.05, 0.1) is 4.90 Å². The van der Waals surface area contributed by atoms with Crippen molar-refractivity contribution in [3.05, 3.63) is 30.3 Å². The minimum absolute atomic E-state index is 0.0982. The van der Waals surface area contributed by atoms with Gasteiger partial charge in [0.15, 0.2) is 0 Å². The summed E-state index contributed by atoms with van der Waals surface area (Å²) in [5.74, 6) is 2.53. The number of rotatable bonds is 6. The zero-order chi connectivity index (χ0) is 16.8. The van der Waals surface area contributed by atoms with Crippen molar-refractivity contribution >= 4 is 10.0 Å². The predicted octanol–water partition coefficient (Wildman–Crippen LogP) is 4.35. The van der Waals surface area contributed by atoms with E-state index in [1.54, 1.807) is 24.3 Å². The molecule has 1 unspecified atom stereocenters. The third kappa shape index (κ3) is 2.92. The Hall–Kier alpha value is -0.870. The molecule has 4 bridgehead atoms. The molecule has 24 heavy (non-hydrogen) atoms. The fourth-order valence-corrected chi connectivity index (χ4v) is 7.63. The molecule has 3 nitrogen and oxygen atoms in total. The van der Waals surface area contributed by atoms with E-state index in [-0.39, 0.29) is 11.5 Å². The highest BCUT2D eigenvalue weighted by Gasteiger charge is 2.54. The molecule has 0 aromatic heterocycles. The summed E-state index contributed by atoms with van der Waals surface area (Å²) in [4.78, 5) is 0.399. The van der Waals surface area contributed by atoms with Crippen molar-refractivity contribution in [2.45, 2.75) is 69.2 Å². The van der Waals surface area contributed by atoms with Crippen LogP contribution in [-0.4, -0.2) is 14.5 Å². The van der Waals surface area contributed by atoms with Crippen LogP contribution < -0.4 is 4.72 Å². The van der Waals surface area contributed by atoms with Crippen LogP contribution in [0.25, 0.3) is 0 Å². The highest BCUT2D eigenvalue weighted by Crippen LogP contribution is 2.61. The fraction of sp³-hybridized carbons (Fsp3) is 0.700. The maximum absolute atomic E-state index is 12.9. The van der Waals surface area contributed by atoms with E-state index in [0.29, 0.717) is 4.90 Å². The van der Waals surface area contributed by atoms with Crippen LogP contribution in [0.3, 0.4) is 0 Å². The lowest BCUT2D eigenvalue weighted by molar-refractivity contribution is -0.0712. The first-order chi connectivity index (χ1) is 11.5. The summed E-state index contributed by atoms with van der Waals surface area (Å²) in [7, 11) is -3.43. The lowest BCUT2D eigenvalue weighted by Gasteiger charge is -2.59. The Kier molecular flexibility index (Phi) is 4.24. The number of sulfonamides is 1. The summed E-state index contributed by atoms with van der Waals surface area (Å²) in [6.07, 6.45) is 9.88. The average molecular weight is 348 g/mol. The summed E-state index contributed by atoms with van der Waals surface area (Å²) in [6, 6.07) is 8.96. The number of nitrogens with one attached hydrogen (secondary N) is 1.